The van der Waals surface area contributed by atoms with Crippen molar-refractivity contribution in [1.29, 1.82) is 0 Å². The van der Waals surface area contributed by atoms with Gasteiger partial charge >= 0.3 is 5.97 Å². The van der Waals surface area contributed by atoms with Gasteiger partial charge in [0.15, 0.2) is 0 Å². The lowest BCUT2D eigenvalue weighted by Gasteiger charge is -2.06. The molecule has 8 heteroatoms. The molecule has 19 heavy (non-hydrogen) atoms. The van der Waals surface area contributed by atoms with Crippen LogP contribution in [-0.2, 0) is 14.8 Å². The summed E-state index contributed by atoms with van der Waals surface area (Å²) < 4.78 is 25.7. The van der Waals surface area contributed by atoms with Gasteiger partial charge in [0.25, 0.3) is 5.91 Å². The molecule has 0 radical (unpaired) electrons. The molecule has 1 aromatic carbocycles. The molecule has 1 amide bonds. The van der Waals surface area contributed by atoms with Gasteiger partial charge < -0.3 is 10.4 Å². The Labute approximate surface area is 110 Å². The summed E-state index contributed by atoms with van der Waals surface area (Å²) in [5.41, 5.74) is 0.340. The summed E-state index contributed by atoms with van der Waals surface area (Å²) >= 11 is 0. The normalized spacial score (nSPS) is 11.0. The summed E-state index contributed by atoms with van der Waals surface area (Å²) in [6.45, 7) is -0.186. The van der Waals surface area contributed by atoms with E-state index < -0.39 is 16.0 Å². The zero-order valence-electron chi connectivity index (χ0n) is 10.2. The molecule has 1 rings (SSSR count). The quantitative estimate of drug-likeness (QED) is 0.670. The van der Waals surface area contributed by atoms with Gasteiger partial charge in [0, 0.05) is 19.2 Å². The number of nitrogens with one attached hydrogen (secondary N) is 2. The first-order valence-corrected chi connectivity index (χ1v) is 6.89. The number of rotatable bonds is 6. The van der Waals surface area contributed by atoms with Crippen LogP contribution in [0, 0.1) is 0 Å². The van der Waals surface area contributed by atoms with Gasteiger partial charge in [-0.2, -0.15) is 0 Å². The summed E-state index contributed by atoms with van der Waals surface area (Å²) in [5.74, 6) is -1.40. The molecule has 0 aromatic heterocycles. The van der Waals surface area contributed by atoms with Crippen molar-refractivity contribution in [3.05, 3.63) is 29.8 Å². The van der Waals surface area contributed by atoms with Gasteiger partial charge in [-0.1, -0.05) is 0 Å². The van der Waals surface area contributed by atoms with E-state index in [4.69, 9.17) is 5.11 Å². The third kappa shape index (κ3) is 4.34. The van der Waals surface area contributed by atoms with Crippen molar-refractivity contribution >= 4 is 21.9 Å². The van der Waals surface area contributed by atoms with E-state index in [-0.39, 0.29) is 23.8 Å². The van der Waals surface area contributed by atoms with E-state index >= 15 is 0 Å². The molecule has 3 N–H and O–H groups in total. The number of benzene rings is 1. The Hall–Kier alpha value is -1.93. The number of aliphatic carboxylic acids is 1. The Bertz CT molecular complexity index is 565. The molecule has 7 nitrogen and oxygen atoms in total. The first kappa shape index (κ1) is 15.1. The number of carboxylic acids is 1. The first-order chi connectivity index (χ1) is 8.86. The highest BCUT2D eigenvalue weighted by Crippen LogP contribution is 2.10. The van der Waals surface area contributed by atoms with Gasteiger partial charge in [-0.25, -0.2) is 13.1 Å². The van der Waals surface area contributed by atoms with Crippen LogP contribution in [0.25, 0.3) is 0 Å². The van der Waals surface area contributed by atoms with Gasteiger partial charge in [-0.15, -0.1) is 0 Å². The average molecular weight is 286 g/mol. The number of hydrogen-bond donors (Lipinski definition) is 3. The third-order valence-corrected chi connectivity index (χ3v) is 3.76. The molecular formula is C11H14N2O5S. The second-order valence-corrected chi connectivity index (χ2v) is 5.41. The Morgan fingerprint density at radius 1 is 1.21 bits per heavy atom. The highest BCUT2D eigenvalue weighted by molar-refractivity contribution is 7.89. The summed E-state index contributed by atoms with van der Waals surface area (Å²) in [7, 11) is -2.28. The molecule has 0 fully saturated rings. The fourth-order valence-electron chi connectivity index (χ4n) is 1.31. The van der Waals surface area contributed by atoms with Crippen molar-refractivity contribution in [2.24, 2.45) is 0 Å². The van der Waals surface area contributed by atoms with Crippen LogP contribution in [-0.4, -0.2) is 39.0 Å². The minimum absolute atomic E-state index is 0.0226. The smallest absolute Gasteiger partial charge is 0.304 e. The van der Waals surface area contributed by atoms with Crippen molar-refractivity contribution < 1.29 is 23.1 Å². The van der Waals surface area contributed by atoms with Gasteiger partial charge in [-0.3, -0.25) is 9.59 Å². The maximum absolute atomic E-state index is 11.8. The van der Waals surface area contributed by atoms with E-state index in [0.29, 0.717) is 5.56 Å². The molecule has 0 unspecified atom stereocenters. The van der Waals surface area contributed by atoms with Crippen LogP contribution in [0.1, 0.15) is 16.8 Å². The van der Waals surface area contributed by atoms with E-state index in [9.17, 15) is 18.0 Å². The van der Waals surface area contributed by atoms with Gasteiger partial charge in [0.05, 0.1) is 11.3 Å². The lowest BCUT2D eigenvalue weighted by atomic mass is 10.2. The molecule has 0 aliphatic carbocycles. The molecule has 0 saturated heterocycles. The van der Waals surface area contributed by atoms with E-state index in [1.807, 2.05) is 0 Å². The Kier molecular flexibility index (Phi) is 5.02. The number of sulfonamides is 1. The largest absolute Gasteiger partial charge is 0.481 e. The summed E-state index contributed by atoms with van der Waals surface area (Å²) in [6, 6.07) is 5.33. The van der Waals surface area contributed by atoms with Crippen LogP contribution in [0.15, 0.2) is 29.2 Å². The van der Waals surface area contributed by atoms with E-state index in [2.05, 4.69) is 10.0 Å². The SMILES string of the molecule is CNC(=O)c1ccc(S(=O)(=O)NCCC(=O)O)cc1. The lowest BCUT2D eigenvalue weighted by molar-refractivity contribution is -0.136. The van der Waals surface area contributed by atoms with Crippen molar-refractivity contribution in [3.8, 4) is 0 Å². The molecule has 0 atom stereocenters. The average Bonchev–Trinajstić information content (AvgIpc) is 2.37. The van der Waals surface area contributed by atoms with Gasteiger partial charge in [0.2, 0.25) is 10.0 Å². The van der Waals surface area contributed by atoms with Crippen molar-refractivity contribution in [1.82, 2.24) is 10.0 Å². The summed E-state index contributed by atoms with van der Waals surface area (Å²) in [6.07, 6.45) is -0.296. The Morgan fingerprint density at radius 2 is 1.79 bits per heavy atom. The Morgan fingerprint density at radius 3 is 2.26 bits per heavy atom. The standard InChI is InChI=1S/C11H14N2O5S/c1-12-11(16)8-2-4-9(5-3-8)19(17,18)13-7-6-10(14)15/h2-5,13H,6-7H2,1H3,(H,12,16)(H,14,15). The summed E-state index contributed by atoms with van der Waals surface area (Å²) in [5, 5.41) is 10.8. The van der Waals surface area contributed by atoms with Gasteiger partial charge in [-0.05, 0) is 24.3 Å². The number of carbonyl (C=O) groups is 2. The van der Waals surface area contributed by atoms with Gasteiger partial charge in [0.1, 0.15) is 0 Å². The second kappa shape index (κ2) is 6.30. The van der Waals surface area contributed by atoms with Crippen LogP contribution in [0.5, 0.6) is 0 Å². The third-order valence-electron chi connectivity index (χ3n) is 2.28. The molecule has 104 valence electrons. The van der Waals surface area contributed by atoms with E-state index in [1.165, 1.54) is 31.3 Å². The predicted molar refractivity (Wildman–Crippen MR) is 67.3 cm³/mol. The minimum atomic E-state index is -3.75. The van der Waals surface area contributed by atoms with Crippen molar-refractivity contribution in [2.45, 2.75) is 11.3 Å². The second-order valence-electron chi connectivity index (χ2n) is 3.65. The van der Waals surface area contributed by atoms with E-state index in [1.54, 1.807) is 0 Å². The Balaban J connectivity index is 2.79. The summed E-state index contributed by atoms with van der Waals surface area (Å²) in [4.78, 5) is 21.6. The minimum Gasteiger partial charge on any atom is -0.481 e. The number of amides is 1. The van der Waals surface area contributed by atoms with Crippen LogP contribution in [0.2, 0.25) is 0 Å². The fourth-order valence-corrected chi connectivity index (χ4v) is 2.34. The van der Waals surface area contributed by atoms with Crippen LogP contribution >= 0.6 is 0 Å². The molecule has 0 aliphatic rings. The zero-order chi connectivity index (χ0) is 14.5. The molecular weight excluding hydrogens is 272 g/mol. The predicted octanol–water partition coefficient (Wildman–Crippen LogP) is -0.201. The number of carbonyl (C=O) groups excluding carboxylic acids is 1. The molecule has 0 saturated carbocycles. The van der Waals surface area contributed by atoms with Crippen molar-refractivity contribution in [3.63, 3.8) is 0 Å². The molecule has 0 bridgehead atoms. The van der Waals surface area contributed by atoms with E-state index in [0.717, 1.165) is 0 Å². The van der Waals surface area contributed by atoms with Crippen LogP contribution in [0.4, 0.5) is 0 Å². The lowest BCUT2D eigenvalue weighted by Crippen LogP contribution is -2.26. The maximum Gasteiger partial charge on any atom is 0.304 e. The highest BCUT2D eigenvalue weighted by Gasteiger charge is 2.14. The monoisotopic (exact) mass is 286 g/mol. The zero-order valence-corrected chi connectivity index (χ0v) is 11.0. The molecule has 0 spiro atoms. The number of carboxylic acid groups (broad SMARTS) is 1. The number of hydrogen-bond acceptors (Lipinski definition) is 4. The highest BCUT2D eigenvalue weighted by atomic mass is 32.2. The fraction of sp³-hybridized carbons (Fsp3) is 0.273. The molecule has 0 aliphatic heterocycles. The topological polar surface area (TPSA) is 113 Å². The maximum atomic E-state index is 11.8. The molecule has 0 heterocycles. The van der Waals surface area contributed by atoms with Crippen LogP contribution < -0.4 is 10.0 Å². The van der Waals surface area contributed by atoms with Crippen LogP contribution in [0.3, 0.4) is 0 Å². The molecule has 1 aromatic rings. The van der Waals surface area contributed by atoms with Crippen molar-refractivity contribution in [2.75, 3.05) is 13.6 Å². The first-order valence-electron chi connectivity index (χ1n) is 5.40.